The van der Waals surface area contributed by atoms with Gasteiger partial charge in [0.1, 0.15) is 11.4 Å². The Kier molecular flexibility index (Phi) is 2.00. The van der Waals surface area contributed by atoms with E-state index in [-0.39, 0.29) is 11.7 Å². The molecule has 2 aliphatic heterocycles. The molecule has 0 unspecified atom stereocenters. The molecule has 3 nitrogen and oxygen atoms in total. The molecule has 13 heavy (non-hydrogen) atoms. The van der Waals surface area contributed by atoms with E-state index in [1.165, 1.54) is 0 Å². The summed E-state index contributed by atoms with van der Waals surface area (Å²) in [5.74, 6) is 0.322. The summed E-state index contributed by atoms with van der Waals surface area (Å²) in [5.41, 5.74) is -0.316. The van der Waals surface area contributed by atoms with Gasteiger partial charge in [-0.05, 0) is 14.1 Å². The van der Waals surface area contributed by atoms with Crippen LogP contribution in [0.5, 0.6) is 0 Å². The highest BCUT2D eigenvalue weighted by molar-refractivity contribution is 5.82. The van der Waals surface area contributed by atoms with E-state index in [2.05, 4.69) is 11.0 Å². The van der Waals surface area contributed by atoms with Crippen LogP contribution in [0.3, 0.4) is 0 Å². The van der Waals surface area contributed by atoms with Crippen molar-refractivity contribution in [2.24, 2.45) is 0 Å². The monoisotopic (exact) mass is 181 g/mol. The van der Waals surface area contributed by atoms with Gasteiger partial charge >= 0.3 is 0 Å². The molecule has 0 aromatic heterocycles. The Morgan fingerprint density at radius 2 is 2.46 bits per heavy atom. The van der Waals surface area contributed by atoms with Crippen molar-refractivity contribution in [3.8, 4) is 0 Å². The second-order valence-electron chi connectivity index (χ2n) is 4.24. The predicted octanol–water partition coefficient (Wildman–Crippen LogP) is 0.605. The second kappa shape index (κ2) is 2.93. The minimum Gasteiger partial charge on any atom is -0.361 e. The van der Waals surface area contributed by atoms with Gasteiger partial charge in [0.05, 0.1) is 6.10 Å². The lowest BCUT2D eigenvalue weighted by molar-refractivity contribution is -0.138. The van der Waals surface area contributed by atoms with E-state index in [0.29, 0.717) is 18.6 Å². The Balaban J connectivity index is 2.13. The zero-order valence-electron chi connectivity index (χ0n) is 8.12. The molecule has 1 saturated heterocycles. The van der Waals surface area contributed by atoms with E-state index in [4.69, 9.17) is 4.74 Å². The molecule has 0 radical (unpaired) electrons. The Hall–Kier alpha value is -0.670. The molecule has 0 aromatic carbocycles. The van der Waals surface area contributed by atoms with Crippen LogP contribution in [-0.2, 0) is 9.53 Å². The van der Waals surface area contributed by atoms with Crippen LogP contribution in [0.4, 0.5) is 0 Å². The van der Waals surface area contributed by atoms with Gasteiger partial charge in [-0.1, -0.05) is 12.2 Å². The van der Waals surface area contributed by atoms with Crippen molar-refractivity contribution in [3.63, 3.8) is 0 Å². The summed E-state index contributed by atoms with van der Waals surface area (Å²) in [6.45, 7) is 0.797. The van der Waals surface area contributed by atoms with Crippen molar-refractivity contribution in [3.05, 3.63) is 12.2 Å². The highest BCUT2D eigenvalue weighted by Gasteiger charge is 2.42. The van der Waals surface area contributed by atoms with Gasteiger partial charge in [-0.3, -0.25) is 4.79 Å². The van der Waals surface area contributed by atoms with Crippen molar-refractivity contribution in [2.75, 3.05) is 20.6 Å². The Morgan fingerprint density at radius 1 is 1.69 bits per heavy atom. The van der Waals surface area contributed by atoms with E-state index < -0.39 is 0 Å². The van der Waals surface area contributed by atoms with Crippen molar-refractivity contribution in [1.82, 2.24) is 4.90 Å². The third-order valence-corrected chi connectivity index (χ3v) is 2.51. The molecular weight excluding hydrogens is 166 g/mol. The molecule has 0 aliphatic carbocycles. The van der Waals surface area contributed by atoms with Crippen LogP contribution in [0, 0.1) is 0 Å². The van der Waals surface area contributed by atoms with E-state index in [1.807, 2.05) is 20.2 Å². The summed E-state index contributed by atoms with van der Waals surface area (Å²) in [5, 5.41) is 0. The number of ether oxygens (including phenoxy) is 1. The number of nitrogens with zero attached hydrogens (tertiary/aromatic N) is 1. The van der Waals surface area contributed by atoms with E-state index in [9.17, 15) is 4.79 Å². The fourth-order valence-electron chi connectivity index (χ4n) is 2.18. The van der Waals surface area contributed by atoms with Crippen LogP contribution in [0.15, 0.2) is 12.2 Å². The molecule has 2 rings (SSSR count). The molecule has 72 valence electrons. The second-order valence-corrected chi connectivity index (χ2v) is 4.24. The summed E-state index contributed by atoms with van der Waals surface area (Å²) >= 11 is 0. The first-order chi connectivity index (χ1) is 6.10. The van der Waals surface area contributed by atoms with Crippen LogP contribution in [0.2, 0.25) is 0 Å². The largest absolute Gasteiger partial charge is 0.361 e. The van der Waals surface area contributed by atoms with Crippen molar-refractivity contribution >= 4 is 5.78 Å². The zero-order valence-corrected chi connectivity index (χ0v) is 8.12. The van der Waals surface area contributed by atoms with Crippen LogP contribution < -0.4 is 0 Å². The quantitative estimate of drug-likeness (QED) is 0.584. The molecule has 2 heterocycles. The molecule has 1 fully saturated rings. The topological polar surface area (TPSA) is 29.5 Å². The average Bonchev–Trinajstić information content (AvgIpc) is 2.24. The van der Waals surface area contributed by atoms with Gasteiger partial charge in [0.2, 0.25) is 0 Å². The minimum atomic E-state index is -0.316. The first-order valence-corrected chi connectivity index (χ1v) is 4.63. The number of carbonyl (C=O) groups excluding carboxylic acids is 1. The molecule has 0 spiro atoms. The molecule has 0 N–H and O–H groups in total. The van der Waals surface area contributed by atoms with Crippen LogP contribution in [-0.4, -0.2) is 43.0 Å². The first kappa shape index (κ1) is 8.91. The molecule has 2 bridgehead atoms. The van der Waals surface area contributed by atoms with E-state index >= 15 is 0 Å². The summed E-state index contributed by atoms with van der Waals surface area (Å²) in [7, 11) is 4.00. The fraction of sp³-hybridized carbons (Fsp3) is 0.700. The smallest absolute Gasteiger partial charge is 0.139 e. The number of hydrogen-bond donors (Lipinski definition) is 0. The van der Waals surface area contributed by atoms with Crippen LogP contribution in [0.1, 0.15) is 12.8 Å². The zero-order chi connectivity index (χ0) is 9.47. The number of rotatable bonds is 2. The molecule has 2 atom stereocenters. The number of ketones is 1. The fourth-order valence-corrected chi connectivity index (χ4v) is 2.18. The lowest BCUT2D eigenvalue weighted by Crippen LogP contribution is -2.45. The summed E-state index contributed by atoms with van der Waals surface area (Å²) in [6, 6.07) is 0. The molecule has 0 aromatic rings. The van der Waals surface area contributed by atoms with Gasteiger partial charge in [0, 0.05) is 19.4 Å². The van der Waals surface area contributed by atoms with Crippen molar-refractivity contribution in [1.29, 1.82) is 0 Å². The molecular formula is C10H15NO2. The Labute approximate surface area is 78.4 Å². The highest BCUT2D eigenvalue weighted by Crippen LogP contribution is 2.34. The molecule has 0 amide bonds. The number of carbonyl (C=O) groups is 1. The van der Waals surface area contributed by atoms with Gasteiger partial charge in [0.25, 0.3) is 0 Å². The average molecular weight is 181 g/mol. The maximum atomic E-state index is 11.4. The summed E-state index contributed by atoms with van der Waals surface area (Å²) < 4.78 is 5.79. The minimum absolute atomic E-state index is 0.0428. The maximum absolute atomic E-state index is 11.4. The van der Waals surface area contributed by atoms with Crippen LogP contribution >= 0.6 is 0 Å². The van der Waals surface area contributed by atoms with Gasteiger partial charge in [-0.15, -0.1) is 0 Å². The normalized spacial score (nSPS) is 37.5. The third-order valence-electron chi connectivity index (χ3n) is 2.51. The highest BCUT2D eigenvalue weighted by atomic mass is 16.5. The van der Waals surface area contributed by atoms with Gasteiger partial charge in [-0.2, -0.15) is 0 Å². The maximum Gasteiger partial charge on any atom is 0.139 e. The number of Topliss-reactive ketones (excluding diaryl/α,β-unsaturated/α-hetero) is 1. The molecule has 3 heteroatoms. The third kappa shape index (κ3) is 1.67. The molecule has 2 aliphatic rings. The van der Waals surface area contributed by atoms with E-state index in [1.54, 1.807) is 0 Å². The van der Waals surface area contributed by atoms with Gasteiger partial charge < -0.3 is 9.64 Å². The SMILES string of the molecule is CN(C)C[C@@]12C=C[C@@H](CC(=O)C1)O2. The summed E-state index contributed by atoms with van der Waals surface area (Å²) in [4.78, 5) is 13.4. The number of likely N-dealkylation sites (N-methyl/N-ethyl adjacent to an activating group) is 1. The lowest BCUT2D eigenvalue weighted by atomic mass is 9.94. The Bertz CT molecular complexity index is 260. The number of fused-ring (bicyclic) bond motifs is 2. The van der Waals surface area contributed by atoms with Crippen molar-refractivity contribution < 1.29 is 9.53 Å². The van der Waals surface area contributed by atoms with Crippen molar-refractivity contribution in [2.45, 2.75) is 24.5 Å². The summed E-state index contributed by atoms with van der Waals surface area (Å²) in [6.07, 6.45) is 5.22. The van der Waals surface area contributed by atoms with Gasteiger partial charge in [-0.25, -0.2) is 0 Å². The van der Waals surface area contributed by atoms with Gasteiger partial charge in [0.15, 0.2) is 0 Å². The Morgan fingerprint density at radius 3 is 3.15 bits per heavy atom. The lowest BCUT2D eigenvalue weighted by Gasteiger charge is -2.34. The predicted molar refractivity (Wildman–Crippen MR) is 49.5 cm³/mol. The standard InChI is InChI=1S/C10H15NO2/c1-11(2)7-10-4-3-9(13-10)5-8(12)6-10/h3-4,9H,5-7H2,1-2H3/t9-,10+/m0/s1. The molecule has 0 saturated carbocycles. The van der Waals surface area contributed by atoms with E-state index in [0.717, 1.165) is 6.54 Å². The van der Waals surface area contributed by atoms with Crippen LogP contribution in [0.25, 0.3) is 0 Å². The first-order valence-electron chi connectivity index (χ1n) is 4.63. The number of hydrogen-bond acceptors (Lipinski definition) is 3.